The zero-order chi connectivity index (χ0) is 11.1. The summed E-state index contributed by atoms with van der Waals surface area (Å²) in [6.45, 7) is 2.46. The lowest BCUT2D eigenvalue weighted by atomic mass is 10.3. The van der Waals surface area contributed by atoms with Gasteiger partial charge in [0.25, 0.3) is 0 Å². The van der Waals surface area contributed by atoms with Crippen LogP contribution >= 0.6 is 0 Å². The number of hydrogen-bond donors (Lipinski definition) is 1. The molecule has 16 heavy (non-hydrogen) atoms. The highest BCUT2D eigenvalue weighted by molar-refractivity contribution is 5.61. The van der Waals surface area contributed by atoms with Crippen molar-refractivity contribution in [3.05, 3.63) is 18.3 Å². The molecule has 0 saturated carbocycles. The third kappa shape index (κ3) is 1.32. The molecule has 0 aromatic carbocycles. The average molecular weight is 219 g/mol. The number of nitrogens with zero attached hydrogens (tertiary/aromatic N) is 6. The average Bonchev–Trinajstić information content (AvgIpc) is 2.83. The molecule has 0 bridgehead atoms. The van der Waals surface area contributed by atoms with Gasteiger partial charge in [-0.1, -0.05) is 0 Å². The van der Waals surface area contributed by atoms with Gasteiger partial charge in [0.1, 0.15) is 6.33 Å². The van der Waals surface area contributed by atoms with Crippen LogP contribution in [0.4, 0.5) is 11.5 Å². The van der Waals surface area contributed by atoms with Gasteiger partial charge < -0.3 is 15.2 Å². The van der Waals surface area contributed by atoms with Crippen LogP contribution in [0.2, 0.25) is 0 Å². The van der Waals surface area contributed by atoms with E-state index in [1.807, 2.05) is 13.2 Å². The van der Waals surface area contributed by atoms with Crippen molar-refractivity contribution >= 4 is 11.5 Å². The summed E-state index contributed by atoms with van der Waals surface area (Å²) in [6.07, 6.45) is 3.57. The summed E-state index contributed by atoms with van der Waals surface area (Å²) in [7, 11) is 1.87. The van der Waals surface area contributed by atoms with Crippen molar-refractivity contribution in [1.82, 2.24) is 24.5 Å². The van der Waals surface area contributed by atoms with Gasteiger partial charge in [-0.3, -0.25) is 4.68 Å². The molecule has 2 aromatic rings. The van der Waals surface area contributed by atoms with E-state index in [9.17, 15) is 0 Å². The summed E-state index contributed by atoms with van der Waals surface area (Å²) in [4.78, 5) is 2.12. The minimum absolute atomic E-state index is 0.704. The lowest BCUT2D eigenvalue weighted by molar-refractivity contribution is 0.553. The van der Waals surface area contributed by atoms with Gasteiger partial charge in [0, 0.05) is 26.3 Å². The maximum atomic E-state index is 5.90. The fraction of sp³-hybridized carbons (Fsp3) is 0.444. The second kappa shape index (κ2) is 3.22. The Labute approximate surface area is 92.5 Å². The van der Waals surface area contributed by atoms with E-state index in [0.717, 1.165) is 24.7 Å². The highest BCUT2D eigenvalue weighted by Crippen LogP contribution is 2.23. The quantitative estimate of drug-likeness (QED) is 0.707. The van der Waals surface area contributed by atoms with Gasteiger partial charge in [-0.25, -0.2) is 0 Å². The topological polar surface area (TPSA) is 77.8 Å². The van der Waals surface area contributed by atoms with Gasteiger partial charge in [-0.2, -0.15) is 5.10 Å². The van der Waals surface area contributed by atoms with Crippen molar-refractivity contribution < 1.29 is 0 Å². The molecule has 0 aliphatic carbocycles. The summed E-state index contributed by atoms with van der Waals surface area (Å²) < 4.78 is 3.78. The summed E-state index contributed by atoms with van der Waals surface area (Å²) in [5, 5.41) is 12.3. The Balaban J connectivity index is 1.91. The normalized spacial score (nSPS) is 15.2. The first kappa shape index (κ1) is 9.20. The van der Waals surface area contributed by atoms with Gasteiger partial charge in [0.05, 0.1) is 12.2 Å². The molecular weight excluding hydrogens is 206 g/mol. The smallest absolute Gasteiger partial charge is 0.174 e. The summed E-state index contributed by atoms with van der Waals surface area (Å²) >= 11 is 0. The van der Waals surface area contributed by atoms with Crippen molar-refractivity contribution in [3.8, 4) is 0 Å². The van der Waals surface area contributed by atoms with Crippen molar-refractivity contribution in [1.29, 1.82) is 0 Å². The molecule has 0 fully saturated rings. The van der Waals surface area contributed by atoms with E-state index < -0.39 is 0 Å². The number of hydrogen-bond acceptors (Lipinski definition) is 5. The molecule has 3 heterocycles. The van der Waals surface area contributed by atoms with E-state index in [1.165, 1.54) is 0 Å². The number of aryl methyl sites for hydroxylation is 1. The summed E-state index contributed by atoms with van der Waals surface area (Å²) in [5.41, 5.74) is 6.60. The van der Waals surface area contributed by atoms with Gasteiger partial charge in [-0.05, 0) is 0 Å². The van der Waals surface area contributed by atoms with E-state index >= 15 is 0 Å². The molecule has 1 aliphatic heterocycles. The predicted molar refractivity (Wildman–Crippen MR) is 58.7 cm³/mol. The fourth-order valence-corrected chi connectivity index (χ4v) is 1.99. The van der Waals surface area contributed by atoms with Crippen LogP contribution in [0.1, 0.15) is 5.82 Å². The van der Waals surface area contributed by atoms with E-state index in [-0.39, 0.29) is 0 Å². The monoisotopic (exact) mass is 219 g/mol. The Bertz CT molecular complexity index is 512. The van der Waals surface area contributed by atoms with Crippen LogP contribution in [-0.2, 0) is 20.1 Å². The molecule has 1 aliphatic rings. The van der Waals surface area contributed by atoms with Crippen LogP contribution in [0.5, 0.6) is 0 Å². The van der Waals surface area contributed by atoms with Crippen LogP contribution < -0.4 is 10.6 Å². The maximum absolute atomic E-state index is 5.90. The highest BCUT2D eigenvalue weighted by atomic mass is 15.4. The number of nitrogen functional groups attached to an aromatic ring is 1. The standard InChI is InChI=1S/C9H13N7/c1-14-4-7(10)9(13-14)15-2-3-16-6-11-12-8(16)5-15/h4,6H,2-3,5,10H2,1H3. The van der Waals surface area contributed by atoms with E-state index in [2.05, 4.69) is 24.8 Å². The van der Waals surface area contributed by atoms with Crippen molar-refractivity contribution in [2.45, 2.75) is 13.1 Å². The minimum Gasteiger partial charge on any atom is -0.394 e. The van der Waals surface area contributed by atoms with Crippen LogP contribution in [0, 0.1) is 0 Å². The van der Waals surface area contributed by atoms with Crippen molar-refractivity contribution in [2.75, 3.05) is 17.2 Å². The fourth-order valence-electron chi connectivity index (χ4n) is 1.99. The van der Waals surface area contributed by atoms with Crippen molar-refractivity contribution in [2.24, 2.45) is 7.05 Å². The van der Waals surface area contributed by atoms with Gasteiger partial charge in [-0.15, -0.1) is 10.2 Å². The molecule has 2 N–H and O–H groups in total. The molecule has 7 nitrogen and oxygen atoms in total. The van der Waals surface area contributed by atoms with Crippen LogP contribution in [0.15, 0.2) is 12.5 Å². The number of fused-ring (bicyclic) bond motifs is 1. The zero-order valence-electron chi connectivity index (χ0n) is 9.04. The first-order valence-electron chi connectivity index (χ1n) is 5.15. The van der Waals surface area contributed by atoms with Crippen LogP contribution in [-0.4, -0.2) is 31.1 Å². The minimum atomic E-state index is 0.704. The number of aromatic nitrogens is 5. The molecular formula is C9H13N7. The molecule has 2 aromatic heterocycles. The number of anilines is 2. The first-order chi connectivity index (χ1) is 7.74. The largest absolute Gasteiger partial charge is 0.394 e. The van der Waals surface area contributed by atoms with E-state index in [1.54, 1.807) is 11.0 Å². The lowest BCUT2D eigenvalue weighted by Gasteiger charge is -2.27. The SMILES string of the molecule is Cn1cc(N)c(N2CCn3cnnc3C2)n1. The maximum Gasteiger partial charge on any atom is 0.174 e. The zero-order valence-corrected chi connectivity index (χ0v) is 9.04. The molecule has 84 valence electrons. The van der Waals surface area contributed by atoms with Gasteiger partial charge >= 0.3 is 0 Å². The Hall–Kier alpha value is -2.05. The molecule has 0 unspecified atom stereocenters. The first-order valence-corrected chi connectivity index (χ1v) is 5.15. The second-order valence-electron chi connectivity index (χ2n) is 3.94. The third-order valence-electron chi connectivity index (χ3n) is 2.77. The number of nitrogens with two attached hydrogens (primary N) is 1. The molecule has 7 heteroatoms. The number of rotatable bonds is 1. The van der Waals surface area contributed by atoms with Crippen LogP contribution in [0.3, 0.4) is 0 Å². The Morgan fingerprint density at radius 1 is 1.38 bits per heavy atom. The highest BCUT2D eigenvalue weighted by Gasteiger charge is 2.21. The predicted octanol–water partition coefficient (Wildman–Crippen LogP) is -0.386. The molecule has 0 saturated heterocycles. The van der Waals surface area contributed by atoms with Crippen LogP contribution in [0.25, 0.3) is 0 Å². The van der Waals surface area contributed by atoms with E-state index in [0.29, 0.717) is 12.2 Å². The van der Waals surface area contributed by atoms with Crippen molar-refractivity contribution in [3.63, 3.8) is 0 Å². The molecule has 0 radical (unpaired) electrons. The summed E-state index contributed by atoms with van der Waals surface area (Å²) in [6, 6.07) is 0. The Kier molecular flexibility index (Phi) is 1.85. The van der Waals surface area contributed by atoms with E-state index in [4.69, 9.17) is 5.73 Å². The second-order valence-corrected chi connectivity index (χ2v) is 3.94. The Morgan fingerprint density at radius 3 is 3.00 bits per heavy atom. The molecule has 3 rings (SSSR count). The third-order valence-corrected chi connectivity index (χ3v) is 2.77. The summed E-state index contributed by atoms with van der Waals surface area (Å²) in [5.74, 6) is 1.79. The molecule has 0 amide bonds. The van der Waals surface area contributed by atoms with Gasteiger partial charge in [0.15, 0.2) is 11.6 Å². The molecule has 0 spiro atoms. The molecule has 0 atom stereocenters. The lowest BCUT2D eigenvalue weighted by Crippen LogP contribution is -2.34. The van der Waals surface area contributed by atoms with Gasteiger partial charge in [0.2, 0.25) is 0 Å². The Morgan fingerprint density at radius 2 is 2.25 bits per heavy atom.